The molecule has 1 aromatic carbocycles. The molecule has 4 rings (SSSR count). The maximum Gasteiger partial charge on any atom is 0.228 e. The Balaban J connectivity index is 1.48. The fraction of sp³-hybridized carbons (Fsp3) is 0.348. The van der Waals surface area contributed by atoms with Gasteiger partial charge >= 0.3 is 0 Å². The van der Waals surface area contributed by atoms with E-state index in [2.05, 4.69) is 54.4 Å². The van der Waals surface area contributed by atoms with Crippen molar-refractivity contribution in [2.24, 2.45) is 0 Å². The largest absolute Gasteiger partial charge is 0.342 e. The number of nitrogens with zero attached hydrogens (tertiary/aromatic N) is 3. The lowest BCUT2D eigenvalue weighted by atomic mass is 9.93. The topological polar surface area (TPSA) is 46.1 Å². The van der Waals surface area contributed by atoms with Gasteiger partial charge in [-0.25, -0.2) is 4.98 Å². The van der Waals surface area contributed by atoms with Gasteiger partial charge in [0, 0.05) is 35.6 Å². The lowest BCUT2D eigenvalue weighted by Crippen LogP contribution is -2.40. The van der Waals surface area contributed by atoms with E-state index in [1.165, 1.54) is 5.56 Å². The van der Waals surface area contributed by atoms with Crippen molar-refractivity contribution in [2.45, 2.75) is 39.0 Å². The summed E-state index contributed by atoms with van der Waals surface area (Å²) < 4.78 is 0. The van der Waals surface area contributed by atoms with E-state index in [1.54, 1.807) is 11.3 Å². The van der Waals surface area contributed by atoms with Crippen LogP contribution in [-0.2, 0) is 11.2 Å². The minimum absolute atomic E-state index is 0.171. The molecule has 0 spiro atoms. The second kappa shape index (κ2) is 8.23. The Morgan fingerprint density at radius 3 is 2.82 bits per heavy atom. The van der Waals surface area contributed by atoms with Crippen LogP contribution in [0.25, 0.3) is 11.3 Å². The second-order valence-electron chi connectivity index (χ2n) is 7.53. The zero-order chi connectivity index (χ0) is 19.5. The number of pyridine rings is 1. The summed E-state index contributed by atoms with van der Waals surface area (Å²) in [6, 6.07) is 14.7. The highest BCUT2D eigenvalue weighted by Crippen LogP contribution is 2.28. The highest BCUT2D eigenvalue weighted by molar-refractivity contribution is 7.09. The van der Waals surface area contributed by atoms with E-state index < -0.39 is 0 Å². The van der Waals surface area contributed by atoms with Crippen molar-refractivity contribution < 1.29 is 4.79 Å². The first-order chi connectivity index (χ1) is 13.6. The van der Waals surface area contributed by atoms with Gasteiger partial charge in [-0.2, -0.15) is 0 Å². The third-order valence-corrected chi connectivity index (χ3v) is 6.10. The fourth-order valence-electron chi connectivity index (χ4n) is 3.85. The van der Waals surface area contributed by atoms with Crippen molar-refractivity contribution in [3.05, 3.63) is 69.8 Å². The van der Waals surface area contributed by atoms with E-state index in [-0.39, 0.29) is 5.91 Å². The molecular formula is C23H25N3OS. The summed E-state index contributed by atoms with van der Waals surface area (Å²) in [6.45, 7) is 5.65. The molecule has 0 bridgehead atoms. The van der Waals surface area contributed by atoms with Gasteiger partial charge in [0.2, 0.25) is 5.91 Å². The number of benzene rings is 1. The molecule has 0 radical (unpaired) electrons. The van der Waals surface area contributed by atoms with E-state index in [0.717, 1.165) is 53.6 Å². The highest BCUT2D eigenvalue weighted by atomic mass is 32.1. The monoisotopic (exact) mass is 391 g/mol. The third kappa shape index (κ3) is 4.30. The molecule has 2 aromatic heterocycles. The zero-order valence-corrected chi connectivity index (χ0v) is 17.2. The molecular weight excluding hydrogens is 366 g/mol. The first-order valence-corrected chi connectivity index (χ1v) is 10.7. The van der Waals surface area contributed by atoms with Crippen LogP contribution in [0.15, 0.2) is 47.8 Å². The van der Waals surface area contributed by atoms with Crippen LogP contribution in [0.2, 0.25) is 0 Å². The van der Waals surface area contributed by atoms with E-state index in [1.807, 2.05) is 17.2 Å². The first-order valence-electron chi connectivity index (χ1n) is 9.81. The summed E-state index contributed by atoms with van der Waals surface area (Å²) >= 11 is 1.60. The van der Waals surface area contributed by atoms with E-state index in [9.17, 15) is 4.79 Å². The van der Waals surface area contributed by atoms with Crippen LogP contribution in [-0.4, -0.2) is 33.9 Å². The lowest BCUT2D eigenvalue weighted by Gasteiger charge is -2.32. The van der Waals surface area contributed by atoms with Crippen molar-refractivity contribution >= 4 is 17.2 Å². The molecule has 1 fully saturated rings. The van der Waals surface area contributed by atoms with E-state index >= 15 is 0 Å². The number of amides is 1. The van der Waals surface area contributed by atoms with Crippen LogP contribution in [0.4, 0.5) is 0 Å². The molecule has 1 atom stereocenters. The van der Waals surface area contributed by atoms with Crippen LogP contribution in [0.5, 0.6) is 0 Å². The smallest absolute Gasteiger partial charge is 0.228 e. The third-order valence-electron chi connectivity index (χ3n) is 5.28. The molecule has 28 heavy (non-hydrogen) atoms. The van der Waals surface area contributed by atoms with Crippen LogP contribution < -0.4 is 0 Å². The number of piperidine rings is 1. The summed E-state index contributed by atoms with van der Waals surface area (Å²) in [7, 11) is 0. The minimum atomic E-state index is 0.171. The molecule has 1 saturated heterocycles. The van der Waals surface area contributed by atoms with Crippen molar-refractivity contribution in [3.63, 3.8) is 0 Å². The van der Waals surface area contributed by atoms with Crippen LogP contribution >= 0.6 is 11.3 Å². The van der Waals surface area contributed by atoms with E-state index in [4.69, 9.17) is 4.98 Å². The van der Waals surface area contributed by atoms with Gasteiger partial charge in [-0.05, 0) is 44.9 Å². The van der Waals surface area contributed by atoms with Crippen molar-refractivity contribution in [1.82, 2.24) is 14.9 Å². The van der Waals surface area contributed by atoms with Gasteiger partial charge < -0.3 is 4.90 Å². The summed E-state index contributed by atoms with van der Waals surface area (Å²) in [5.41, 5.74) is 5.35. The predicted octanol–water partition coefficient (Wildman–Crippen LogP) is 4.77. The standard InChI is InChI=1S/C23H25N3OS/c1-16-6-3-7-18(12-16)21-9-4-10-22(25-21)19-8-5-11-26(14-19)23(27)13-20-15-28-17(2)24-20/h3-4,6-7,9-10,12,15,19H,5,8,11,13-14H2,1-2H3. The number of likely N-dealkylation sites (tertiary alicyclic amines) is 1. The summed E-state index contributed by atoms with van der Waals surface area (Å²) in [5.74, 6) is 0.462. The Morgan fingerprint density at radius 1 is 1.18 bits per heavy atom. The molecule has 1 amide bonds. The van der Waals surface area contributed by atoms with Crippen molar-refractivity contribution in [3.8, 4) is 11.3 Å². The Morgan fingerprint density at radius 2 is 2.04 bits per heavy atom. The Kier molecular flexibility index (Phi) is 5.53. The fourth-order valence-corrected chi connectivity index (χ4v) is 4.46. The van der Waals surface area contributed by atoms with Gasteiger partial charge in [0.25, 0.3) is 0 Å². The average Bonchev–Trinajstić information content (AvgIpc) is 3.13. The number of aromatic nitrogens is 2. The molecule has 0 N–H and O–H groups in total. The summed E-state index contributed by atoms with van der Waals surface area (Å²) in [5, 5.41) is 3.00. The number of carbonyl (C=O) groups is 1. The SMILES string of the molecule is Cc1cccc(-c2cccc(C3CCCN(C(=O)Cc4csc(C)n4)C3)n2)c1. The second-order valence-corrected chi connectivity index (χ2v) is 8.59. The molecule has 1 aliphatic heterocycles. The number of thiazole rings is 1. The Labute approximate surface area is 170 Å². The zero-order valence-electron chi connectivity index (χ0n) is 16.4. The molecule has 1 unspecified atom stereocenters. The van der Waals surface area contributed by atoms with Gasteiger partial charge in [0.1, 0.15) is 0 Å². The predicted molar refractivity (Wildman–Crippen MR) is 114 cm³/mol. The maximum absolute atomic E-state index is 12.7. The number of hydrogen-bond donors (Lipinski definition) is 0. The number of hydrogen-bond acceptors (Lipinski definition) is 4. The minimum Gasteiger partial charge on any atom is -0.342 e. The molecule has 3 heterocycles. The molecule has 1 aliphatic rings. The summed E-state index contributed by atoms with van der Waals surface area (Å²) in [4.78, 5) is 24.1. The van der Waals surface area contributed by atoms with Gasteiger partial charge in [-0.3, -0.25) is 9.78 Å². The Hall–Kier alpha value is -2.53. The van der Waals surface area contributed by atoms with Crippen LogP contribution in [0.1, 0.15) is 40.7 Å². The number of carbonyl (C=O) groups excluding carboxylic acids is 1. The molecule has 0 aliphatic carbocycles. The van der Waals surface area contributed by atoms with Gasteiger partial charge in [0.15, 0.2) is 0 Å². The molecule has 144 valence electrons. The molecule has 5 heteroatoms. The Bertz CT molecular complexity index is 981. The molecule has 3 aromatic rings. The first kappa shape index (κ1) is 18.8. The summed E-state index contributed by atoms with van der Waals surface area (Å²) in [6.07, 6.45) is 2.49. The quantitative estimate of drug-likeness (QED) is 0.643. The maximum atomic E-state index is 12.7. The van der Waals surface area contributed by atoms with Crippen molar-refractivity contribution in [2.75, 3.05) is 13.1 Å². The van der Waals surface area contributed by atoms with Crippen LogP contribution in [0, 0.1) is 13.8 Å². The molecule has 0 saturated carbocycles. The average molecular weight is 392 g/mol. The van der Waals surface area contributed by atoms with Crippen molar-refractivity contribution in [1.29, 1.82) is 0 Å². The van der Waals surface area contributed by atoms with Gasteiger partial charge in [0.05, 0.1) is 22.8 Å². The number of rotatable bonds is 4. The van der Waals surface area contributed by atoms with E-state index in [0.29, 0.717) is 12.3 Å². The van der Waals surface area contributed by atoms with Crippen LogP contribution in [0.3, 0.4) is 0 Å². The normalized spacial score (nSPS) is 16.9. The van der Waals surface area contributed by atoms with Gasteiger partial charge in [-0.15, -0.1) is 11.3 Å². The lowest BCUT2D eigenvalue weighted by molar-refractivity contribution is -0.131. The highest BCUT2D eigenvalue weighted by Gasteiger charge is 2.26. The molecule has 4 nitrogen and oxygen atoms in total. The number of aryl methyl sites for hydroxylation is 2. The van der Waals surface area contributed by atoms with Gasteiger partial charge in [-0.1, -0.05) is 29.8 Å².